The zero-order valence-electron chi connectivity index (χ0n) is 18.5. The Morgan fingerprint density at radius 1 is 0.941 bits per heavy atom. The van der Waals surface area contributed by atoms with E-state index in [-0.39, 0.29) is 15.6 Å². The summed E-state index contributed by atoms with van der Waals surface area (Å²) in [6, 6.07) is 21.2. The Kier molecular flexibility index (Phi) is 7.75. The number of hydrogen-bond donors (Lipinski definition) is 2. The Morgan fingerprint density at radius 3 is 2.18 bits per heavy atom. The Morgan fingerprint density at radius 2 is 1.56 bits per heavy atom. The summed E-state index contributed by atoms with van der Waals surface area (Å²) in [4.78, 5) is 25.0. The van der Waals surface area contributed by atoms with Crippen LogP contribution in [0.25, 0.3) is 6.08 Å². The molecule has 3 aromatic carbocycles. The summed E-state index contributed by atoms with van der Waals surface area (Å²) in [7, 11) is -2.59. The van der Waals surface area contributed by atoms with Gasteiger partial charge in [0.25, 0.3) is 10.0 Å². The molecule has 9 heteroatoms. The van der Waals surface area contributed by atoms with Crippen molar-refractivity contribution in [2.24, 2.45) is 0 Å². The number of ether oxygens (including phenoxy) is 1. The predicted octanol–water partition coefficient (Wildman–Crippen LogP) is 4.36. The molecule has 0 spiro atoms. The first-order chi connectivity index (χ1) is 16.2. The van der Waals surface area contributed by atoms with Gasteiger partial charge in [-0.2, -0.15) is 0 Å². The first-order valence-electron chi connectivity index (χ1n) is 10.2. The zero-order chi connectivity index (χ0) is 24.8. The molecule has 0 saturated carbocycles. The molecule has 7 nitrogen and oxygen atoms in total. The highest BCUT2D eigenvalue weighted by atomic mass is 35.5. The van der Waals surface area contributed by atoms with Crippen molar-refractivity contribution in [3.8, 4) is 0 Å². The molecule has 0 heterocycles. The van der Waals surface area contributed by atoms with Gasteiger partial charge < -0.3 is 10.1 Å². The summed E-state index contributed by atoms with van der Waals surface area (Å²) in [6.45, 7) is 1.56. The third-order valence-electron chi connectivity index (χ3n) is 5.05. The molecule has 0 aliphatic heterocycles. The molecule has 0 aromatic heterocycles. The largest absolute Gasteiger partial charge is 0.467 e. The molecule has 176 valence electrons. The van der Waals surface area contributed by atoms with E-state index in [1.807, 2.05) is 0 Å². The van der Waals surface area contributed by atoms with Crippen molar-refractivity contribution in [3.63, 3.8) is 0 Å². The topological polar surface area (TPSA) is 102 Å². The molecule has 0 aliphatic carbocycles. The SMILES string of the molecule is COC(=O)[C@](C)(NC(=O)/C=C/c1ccc(S(=O)(=O)Nc2ccccc2Cl)cc1)c1ccccc1. The van der Waals surface area contributed by atoms with Crippen LogP contribution in [-0.4, -0.2) is 27.4 Å². The molecule has 0 fully saturated rings. The van der Waals surface area contributed by atoms with Crippen LogP contribution in [0.1, 0.15) is 18.1 Å². The minimum atomic E-state index is -3.84. The quantitative estimate of drug-likeness (QED) is 0.355. The van der Waals surface area contributed by atoms with E-state index >= 15 is 0 Å². The normalized spacial score (nSPS) is 13.1. The second kappa shape index (κ2) is 10.5. The number of amides is 1. The first kappa shape index (κ1) is 25.0. The van der Waals surface area contributed by atoms with E-state index in [1.165, 1.54) is 31.4 Å². The van der Waals surface area contributed by atoms with Gasteiger partial charge in [-0.3, -0.25) is 9.52 Å². The Hall–Kier alpha value is -3.62. The highest BCUT2D eigenvalue weighted by Gasteiger charge is 2.37. The molecular weight excluding hydrogens is 476 g/mol. The third-order valence-corrected chi connectivity index (χ3v) is 6.76. The number of sulfonamides is 1. The van der Waals surface area contributed by atoms with Crippen molar-refractivity contribution in [1.29, 1.82) is 0 Å². The molecule has 3 aromatic rings. The van der Waals surface area contributed by atoms with E-state index < -0.39 is 27.4 Å². The van der Waals surface area contributed by atoms with Crippen LogP contribution in [0.4, 0.5) is 5.69 Å². The average Bonchev–Trinajstić information content (AvgIpc) is 2.84. The summed E-state index contributed by atoms with van der Waals surface area (Å²) in [5.41, 5.74) is 0.0621. The predicted molar refractivity (Wildman–Crippen MR) is 132 cm³/mol. The van der Waals surface area contributed by atoms with Gasteiger partial charge in [0, 0.05) is 6.08 Å². The molecule has 1 atom stereocenters. The average molecular weight is 499 g/mol. The van der Waals surface area contributed by atoms with Gasteiger partial charge in [-0.1, -0.05) is 66.2 Å². The van der Waals surface area contributed by atoms with Crippen molar-refractivity contribution in [3.05, 3.63) is 101 Å². The van der Waals surface area contributed by atoms with Gasteiger partial charge in [-0.25, -0.2) is 13.2 Å². The second-order valence-electron chi connectivity index (χ2n) is 7.46. The molecule has 2 N–H and O–H groups in total. The molecule has 0 saturated heterocycles. The fourth-order valence-corrected chi connectivity index (χ4v) is 4.50. The van der Waals surface area contributed by atoms with Crippen LogP contribution in [0.3, 0.4) is 0 Å². The van der Waals surface area contributed by atoms with E-state index in [0.717, 1.165) is 0 Å². The lowest BCUT2D eigenvalue weighted by Crippen LogP contribution is -2.49. The number of halogens is 1. The molecule has 0 aliphatic rings. The maximum absolute atomic E-state index is 12.6. The van der Waals surface area contributed by atoms with E-state index in [1.54, 1.807) is 73.7 Å². The number of benzene rings is 3. The smallest absolute Gasteiger partial charge is 0.336 e. The van der Waals surface area contributed by atoms with E-state index in [0.29, 0.717) is 11.1 Å². The number of hydrogen-bond acceptors (Lipinski definition) is 5. The van der Waals surface area contributed by atoms with Crippen LogP contribution >= 0.6 is 11.6 Å². The number of carbonyl (C=O) groups excluding carboxylic acids is 2. The lowest BCUT2D eigenvalue weighted by atomic mass is 9.92. The molecule has 3 rings (SSSR count). The van der Waals surface area contributed by atoms with Crippen LogP contribution in [-0.2, 0) is 29.9 Å². The van der Waals surface area contributed by atoms with Crippen LogP contribution in [0, 0.1) is 0 Å². The monoisotopic (exact) mass is 498 g/mol. The number of carbonyl (C=O) groups is 2. The lowest BCUT2D eigenvalue weighted by molar-refractivity contribution is -0.150. The summed E-state index contributed by atoms with van der Waals surface area (Å²) in [5, 5.41) is 2.96. The van der Waals surface area contributed by atoms with Crippen molar-refractivity contribution < 1.29 is 22.7 Å². The van der Waals surface area contributed by atoms with Crippen molar-refractivity contribution in [1.82, 2.24) is 5.32 Å². The third kappa shape index (κ3) is 5.84. The van der Waals surface area contributed by atoms with Gasteiger partial charge in [-0.15, -0.1) is 0 Å². The van der Waals surface area contributed by atoms with E-state index in [2.05, 4.69) is 10.0 Å². The Bertz CT molecular complexity index is 1310. The van der Waals surface area contributed by atoms with Gasteiger partial charge in [0.1, 0.15) is 0 Å². The molecule has 0 radical (unpaired) electrons. The maximum Gasteiger partial charge on any atom is 0.336 e. The fraction of sp³-hybridized carbons (Fsp3) is 0.120. The number of esters is 1. The minimum absolute atomic E-state index is 0.0383. The number of para-hydroxylation sites is 1. The van der Waals surface area contributed by atoms with Gasteiger partial charge in [-0.05, 0) is 48.4 Å². The Balaban J connectivity index is 1.72. The molecule has 0 unspecified atom stereocenters. The first-order valence-corrected chi connectivity index (χ1v) is 12.0. The van der Waals surface area contributed by atoms with Gasteiger partial charge >= 0.3 is 5.97 Å². The van der Waals surface area contributed by atoms with Crippen LogP contribution in [0.2, 0.25) is 5.02 Å². The molecule has 34 heavy (non-hydrogen) atoms. The van der Waals surface area contributed by atoms with Crippen molar-refractivity contribution in [2.75, 3.05) is 11.8 Å². The number of rotatable bonds is 8. The summed E-state index contributed by atoms with van der Waals surface area (Å²) < 4.78 is 32.6. The molecular formula is C25H23ClN2O5S. The number of methoxy groups -OCH3 is 1. The highest BCUT2D eigenvalue weighted by Crippen LogP contribution is 2.25. The van der Waals surface area contributed by atoms with Crippen molar-refractivity contribution >= 4 is 45.3 Å². The minimum Gasteiger partial charge on any atom is -0.467 e. The van der Waals surface area contributed by atoms with Crippen LogP contribution in [0.15, 0.2) is 89.8 Å². The van der Waals surface area contributed by atoms with Gasteiger partial charge in [0.2, 0.25) is 5.91 Å². The van der Waals surface area contributed by atoms with Crippen LogP contribution in [0.5, 0.6) is 0 Å². The zero-order valence-corrected chi connectivity index (χ0v) is 20.1. The molecule has 1 amide bonds. The summed E-state index contributed by atoms with van der Waals surface area (Å²) >= 11 is 6.02. The maximum atomic E-state index is 12.6. The number of nitrogens with one attached hydrogen (secondary N) is 2. The fourth-order valence-electron chi connectivity index (χ4n) is 3.18. The van der Waals surface area contributed by atoms with Gasteiger partial charge in [0.15, 0.2) is 5.54 Å². The lowest BCUT2D eigenvalue weighted by Gasteiger charge is -2.27. The molecule has 0 bridgehead atoms. The van der Waals surface area contributed by atoms with E-state index in [9.17, 15) is 18.0 Å². The van der Waals surface area contributed by atoms with Gasteiger partial charge in [0.05, 0.1) is 22.7 Å². The number of anilines is 1. The summed E-state index contributed by atoms with van der Waals surface area (Å²) in [5.74, 6) is -1.13. The van der Waals surface area contributed by atoms with Crippen LogP contribution < -0.4 is 10.0 Å². The van der Waals surface area contributed by atoms with E-state index in [4.69, 9.17) is 16.3 Å². The standard InChI is InChI=1S/C25H23ClN2O5S/c1-25(24(30)33-2,19-8-4-3-5-9-19)27-23(29)17-14-18-12-15-20(16-13-18)34(31,32)28-22-11-7-6-10-21(22)26/h3-17,28H,1-2H3,(H,27,29)/b17-14+/t25-/m1/s1. The summed E-state index contributed by atoms with van der Waals surface area (Å²) in [6.07, 6.45) is 2.77. The second-order valence-corrected chi connectivity index (χ2v) is 9.55. The highest BCUT2D eigenvalue weighted by molar-refractivity contribution is 7.92. The Labute approximate surface area is 203 Å². The van der Waals surface area contributed by atoms with Crippen molar-refractivity contribution in [2.45, 2.75) is 17.4 Å².